The van der Waals surface area contributed by atoms with Crippen LogP contribution >= 0.6 is 11.8 Å². The Labute approximate surface area is 157 Å². The van der Waals surface area contributed by atoms with E-state index in [1.54, 1.807) is 11.8 Å². The fourth-order valence-electron chi connectivity index (χ4n) is 3.24. The predicted octanol–water partition coefficient (Wildman–Crippen LogP) is 3.55. The van der Waals surface area contributed by atoms with Gasteiger partial charge in [-0.1, -0.05) is 60.3 Å². The van der Waals surface area contributed by atoms with Crippen molar-refractivity contribution >= 4 is 23.4 Å². The van der Waals surface area contributed by atoms with Crippen LogP contribution in [0.3, 0.4) is 0 Å². The molecule has 0 radical (unpaired) electrons. The van der Waals surface area contributed by atoms with Crippen LogP contribution < -0.4 is 4.90 Å². The van der Waals surface area contributed by atoms with Crippen LogP contribution in [0, 0.1) is 0 Å². The van der Waals surface area contributed by atoms with Gasteiger partial charge in [0, 0.05) is 37.0 Å². The lowest BCUT2D eigenvalue weighted by Crippen LogP contribution is -2.29. The first-order chi connectivity index (χ1) is 12.7. The fourth-order valence-corrected chi connectivity index (χ4v) is 4.08. The highest BCUT2D eigenvalue weighted by atomic mass is 32.2. The lowest BCUT2D eigenvalue weighted by atomic mass is 10.2. The third-order valence-electron chi connectivity index (χ3n) is 4.60. The molecule has 5 nitrogen and oxygen atoms in total. The van der Waals surface area contributed by atoms with Crippen LogP contribution in [0.4, 0.5) is 5.69 Å². The molecule has 2 aromatic carbocycles. The van der Waals surface area contributed by atoms with Crippen molar-refractivity contribution in [2.24, 2.45) is 7.05 Å². The van der Waals surface area contributed by atoms with Crippen LogP contribution in [0.5, 0.6) is 0 Å². The van der Waals surface area contributed by atoms with Gasteiger partial charge in [-0.25, -0.2) is 0 Å². The van der Waals surface area contributed by atoms with Crippen LogP contribution in [0.25, 0.3) is 11.4 Å². The van der Waals surface area contributed by atoms with Crippen LogP contribution in [-0.4, -0.2) is 33.0 Å². The molecule has 0 saturated carbocycles. The molecule has 1 aliphatic rings. The van der Waals surface area contributed by atoms with Crippen molar-refractivity contribution in [1.82, 2.24) is 14.8 Å². The van der Waals surface area contributed by atoms with Gasteiger partial charge in [-0.3, -0.25) is 4.79 Å². The normalized spacial score (nSPS) is 13.0. The van der Waals surface area contributed by atoms with E-state index >= 15 is 0 Å². The van der Waals surface area contributed by atoms with Crippen molar-refractivity contribution in [2.75, 3.05) is 17.2 Å². The van der Waals surface area contributed by atoms with Gasteiger partial charge in [0.15, 0.2) is 11.0 Å². The number of rotatable bonds is 5. The molecular formula is C20H20N4OS. The van der Waals surface area contributed by atoms with Crippen molar-refractivity contribution in [1.29, 1.82) is 0 Å². The highest BCUT2D eigenvalue weighted by Gasteiger charge is 2.23. The molecule has 0 N–H and O–H groups in total. The molecule has 0 aliphatic carbocycles. The average Bonchev–Trinajstić information content (AvgIpc) is 3.26. The Morgan fingerprint density at radius 2 is 1.85 bits per heavy atom. The van der Waals surface area contributed by atoms with Crippen molar-refractivity contribution in [3.8, 4) is 11.4 Å². The summed E-state index contributed by atoms with van der Waals surface area (Å²) < 4.78 is 1.98. The molecule has 0 saturated heterocycles. The zero-order valence-electron chi connectivity index (χ0n) is 14.6. The molecule has 0 spiro atoms. The van der Waals surface area contributed by atoms with Gasteiger partial charge in [0.1, 0.15) is 0 Å². The van der Waals surface area contributed by atoms with Crippen molar-refractivity contribution in [3.05, 3.63) is 60.2 Å². The number of para-hydroxylation sites is 1. The summed E-state index contributed by atoms with van der Waals surface area (Å²) in [7, 11) is 1.96. The molecule has 0 fully saturated rings. The molecule has 0 atom stereocenters. The number of thioether (sulfide) groups is 1. The Bertz CT molecular complexity index is 923. The Balaban J connectivity index is 1.37. The van der Waals surface area contributed by atoms with Crippen LogP contribution in [0.15, 0.2) is 59.8 Å². The zero-order chi connectivity index (χ0) is 17.9. The molecule has 1 aliphatic heterocycles. The lowest BCUT2D eigenvalue weighted by Gasteiger charge is -2.17. The van der Waals surface area contributed by atoms with Crippen LogP contribution in [0.2, 0.25) is 0 Å². The third kappa shape index (κ3) is 3.24. The topological polar surface area (TPSA) is 51.0 Å². The molecule has 4 rings (SSSR count). The Kier molecular flexibility index (Phi) is 4.75. The highest BCUT2D eigenvalue weighted by Crippen LogP contribution is 2.29. The maximum atomic E-state index is 12.6. The van der Waals surface area contributed by atoms with E-state index in [9.17, 15) is 4.79 Å². The minimum Gasteiger partial charge on any atom is -0.312 e. The summed E-state index contributed by atoms with van der Waals surface area (Å²) >= 11 is 1.57. The smallest absolute Gasteiger partial charge is 0.227 e. The van der Waals surface area contributed by atoms with E-state index in [1.807, 2.05) is 65.0 Å². The SMILES string of the molecule is Cn1c(SCCC(=O)N2CCc3ccccc32)nnc1-c1ccccc1. The van der Waals surface area contributed by atoms with Crippen LogP contribution in [0.1, 0.15) is 12.0 Å². The van der Waals surface area contributed by atoms with Crippen molar-refractivity contribution < 1.29 is 4.79 Å². The van der Waals surface area contributed by atoms with Crippen molar-refractivity contribution in [3.63, 3.8) is 0 Å². The Morgan fingerprint density at radius 1 is 1.08 bits per heavy atom. The van der Waals surface area contributed by atoms with Gasteiger partial charge >= 0.3 is 0 Å². The summed E-state index contributed by atoms with van der Waals surface area (Å²) in [5, 5.41) is 9.39. The first-order valence-electron chi connectivity index (χ1n) is 8.70. The maximum absolute atomic E-state index is 12.6. The summed E-state index contributed by atoms with van der Waals surface area (Å²) in [5.41, 5.74) is 3.36. The van der Waals surface area contributed by atoms with Gasteiger partial charge in [0.25, 0.3) is 0 Å². The molecular weight excluding hydrogens is 344 g/mol. The molecule has 3 aromatic rings. The predicted molar refractivity (Wildman–Crippen MR) is 104 cm³/mol. The van der Waals surface area contributed by atoms with Crippen LogP contribution in [-0.2, 0) is 18.3 Å². The number of carbonyl (C=O) groups is 1. The largest absolute Gasteiger partial charge is 0.312 e. The lowest BCUT2D eigenvalue weighted by molar-refractivity contribution is -0.118. The number of carbonyl (C=O) groups excluding carboxylic acids is 1. The average molecular weight is 364 g/mol. The summed E-state index contributed by atoms with van der Waals surface area (Å²) in [6.07, 6.45) is 1.44. The minimum absolute atomic E-state index is 0.174. The van der Waals surface area contributed by atoms with E-state index in [1.165, 1.54) is 5.56 Å². The van der Waals surface area contributed by atoms with E-state index in [-0.39, 0.29) is 5.91 Å². The third-order valence-corrected chi connectivity index (χ3v) is 5.62. The zero-order valence-corrected chi connectivity index (χ0v) is 15.4. The molecule has 1 aromatic heterocycles. The van der Waals surface area contributed by atoms with E-state index in [2.05, 4.69) is 16.3 Å². The van der Waals surface area contributed by atoms with Gasteiger partial charge in [-0.05, 0) is 18.1 Å². The van der Waals surface area contributed by atoms with Gasteiger partial charge in [-0.15, -0.1) is 10.2 Å². The molecule has 0 bridgehead atoms. The number of hydrogen-bond donors (Lipinski definition) is 0. The minimum atomic E-state index is 0.174. The van der Waals surface area contributed by atoms with Gasteiger partial charge in [-0.2, -0.15) is 0 Å². The number of hydrogen-bond acceptors (Lipinski definition) is 4. The molecule has 6 heteroatoms. The maximum Gasteiger partial charge on any atom is 0.227 e. The second kappa shape index (κ2) is 7.33. The molecule has 26 heavy (non-hydrogen) atoms. The summed E-state index contributed by atoms with van der Waals surface area (Å²) in [6.45, 7) is 0.783. The van der Waals surface area contributed by atoms with E-state index in [0.717, 1.165) is 35.2 Å². The molecule has 2 heterocycles. The number of fused-ring (bicyclic) bond motifs is 1. The summed E-state index contributed by atoms with van der Waals surface area (Å²) in [6, 6.07) is 18.2. The second-order valence-electron chi connectivity index (χ2n) is 6.25. The number of nitrogens with zero attached hydrogens (tertiary/aromatic N) is 4. The van der Waals surface area contributed by atoms with E-state index in [4.69, 9.17) is 0 Å². The van der Waals surface area contributed by atoms with E-state index < -0.39 is 0 Å². The second-order valence-corrected chi connectivity index (χ2v) is 7.32. The van der Waals surface area contributed by atoms with Crippen molar-refractivity contribution in [2.45, 2.75) is 18.0 Å². The Hall–Kier alpha value is -2.60. The summed E-state index contributed by atoms with van der Waals surface area (Å²) in [5.74, 6) is 1.71. The summed E-state index contributed by atoms with van der Waals surface area (Å²) in [4.78, 5) is 14.5. The molecule has 1 amide bonds. The highest BCUT2D eigenvalue weighted by molar-refractivity contribution is 7.99. The number of amides is 1. The molecule has 0 unspecified atom stereocenters. The first-order valence-corrected chi connectivity index (χ1v) is 9.68. The standard InChI is InChI=1S/C20H20N4OS/c1-23-19(16-8-3-2-4-9-16)21-22-20(23)26-14-12-18(25)24-13-11-15-7-5-6-10-17(15)24/h2-10H,11-14H2,1H3. The van der Waals surface area contributed by atoms with Gasteiger partial charge in [0.2, 0.25) is 5.91 Å². The number of aromatic nitrogens is 3. The van der Waals surface area contributed by atoms with E-state index in [0.29, 0.717) is 12.2 Å². The van der Waals surface area contributed by atoms with Gasteiger partial charge in [0.05, 0.1) is 0 Å². The quantitative estimate of drug-likeness (QED) is 0.650. The monoisotopic (exact) mass is 364 g/mol. The molecule has 132 valence electrons. The van der Waals surface area contributed by atoms with Gasteiger partial charge < -0.3 is 9.47 Å². The number of anilines is 1. The fraction of sp³-hybridized carbons (Fsp3) is 0.250. The first kappa shape index (κ1) is 16.8. The Morgan fingerprint density at radius 3 is 2.69 bits per heavy atom. The number of benzene rings is 2.